The summed E-state index contributed by atoms with van der Waals surface area (Å²) in [7, 11) is 0. The maximum Gasteiger partial charge on any atom is 0.246 e. The van der Waals surface area contributed by atoms with E-state index in [1.165, 1.54) is 0 Å². The number of hydrogen-bond acceptors (Lipinski definition) is 3. The molecule has 2 rings (SSSR count). The summed E-state index contributed by atoms with van der Waals surface area (Å²) in [5.41, 5.74) is 2.38. The predicted octanol–water partition coefficient (Wildman–Crippen LogP) is 3.86. The van der Waals surface area contributed by atoms with Crippen LogP contribution in [0, 0.1) is 0 Å². The Labute approximate surface area is 151 Å². The molecule has 4 heteroatoms. The van der Waals surface area contributed by atoms with Gasteiger partial charge in [0.1, 0.15) is 5.75 Å². The number of hydrogen-bond donors (Lipinski definition) is 1. The number of amides is 1. The van der Waals surface area contributed by atoms with E-state index in [-0.39, 0.29) is 16.7 Å². The van der Waals surface area contributed by atoms with Crippen molar-refractivity contribution < 1.29 is 14.6 Å². The molecule has 0 bridgehead atoms. The molecular weight excluding hydrogens is 314 g/mol. The molecule has 1 aromatic rings. The molecule has 0 atom stereocenters. The van der Waals surface area contributed by atoms with Crippen LogP contribution in [0.25, 0.3) is 6.08 Å². The number of carbonyl (C=O) groups excluding carboxylic acids is 1. The second-order valence-electron chi connectivity index (χ2n) is 8.74. The van der Waals surface area contributed by atoms with E-state index in [9.17, 15) is 9.90 Å². The van der Waals surface area contributed by atoms with E-state index in [1.807, 2.05) is 18.2 Å². The fourth-order valence-corrected chi connectivity index (χ4v) is 2.95. The third-order valence-corrected chi connectivity index (χ3v) is 4.49. The molecule has 1 aromatic carbocycles. The number of phenols is 1. The zero-order chi connectivity index (χ0) is 18.8. The van der Waals surface area contributed by atoms with Crippen molar-refractivity contribution in [3.8, 4) is 5.75 Å². The van der Waals surface area contributed by atoms with Crippen molar-refractivity contribution in [3.63, 3.8) is 0 Å². The lowest BCUT2D eigenvalue weighted by atomic mass is 9.78. The SMILES string of the molecule is CC(C)(C)c1cc(/C=C/C(=O)N2CCOCC2)cc(C(C)(C)C)c1O. The van der Waals surface area contributed by atoms with Gasteiger partial charge in [0.25, 0.3) is 0 Å². The number of ether oxygens (including phenoxy) is 1. The molecule has 138 valence electrons. The molecular formula is C21H31NO3. The summed E-state index contributed by atoms with van der Waals surface area (Å²) in [6.45, 7) is 15.0. The van der Waals surface area contributed by atoms with Crippen LogP contribution in [0.2, 0.25) is 0 Å². The largest absolute Gasteiger partial charge is 0.507 e. The van der Waals surface area contributed by atoms with Gasteiger partial charge in [0.05, 0.1) is 13.2 Å². The minimum Gasteiger partial charge on any atom is -0.507 e. The van der Waals surface area contributed by atoms with E-state index in [0.717, 1.165) is 16.7 Å². The van der Waals surface area contributed by atoms with Crippen molar-refractivity contribution in [3.05, 3.63) is 34.9 Å². The van der Waals surface area contributed by atoms with Crippen molar-refractivity contribution in [2.75, 3.05) is 26.3 Å². The predicted molar refractivity (Wildman–Crippen MR) is 102 cm³/mol. The Morgan fingerprint density at radius 1 is 1.04 bits per heavy atom. The molecule has 1 fully saturated rings. The first-order valence-electron chi connectivity index (χ1n) is 8.93. The molecule has 0 radical (unpaired) electrons. The van der Waals surface area contributed by atoms with Gasteiger partial charge in [0.15, 0.2) is 0 Å². The Morgan fingerprint density at radius 3 is 1.96 bits per heavy atom. The van der Waals surface area contributed by atoms with Gasteiger partial charge in [-0.15, -0.1) is 0 Å². The van der Waals surface area contributed by atoms with Crippen LogP contribution in [0.5, 0.6) is 5.75 Å². The highest BCUT2D eigenvalue weighted by Crippen LogP contribution is 2.40. The van der Waals surface area contributed by atoms with Gasteiger partial charge in [-0.1, -0.05) is 41.5 Å². The number of aromatic hydroxyl groups is 1. The van der Waals surface area contributed by atoms with E-state index < -0.39 is 0 Å². The lowest BCUT2D eigenvalue weighted by Crippen LogP contribution is -2.39. The normalized spacial score (nSPS) is 16.5. The number of phenolic OH excluding ortho intramolecular Hbond substituents is 1. The van der Waals surface area contributed by atoms with Gasteiger partial charge >= 0.3 is 0 Å². The summed E-state index contributed by atoms with van der Waals surface area (Å²) in [6, 6.07) is 3.96. The summed E-state index contributed by atoms with van der Waals surface area (Å²) >= 11 is 0. The van der Waals surface area contributed by atoms with E-state index in [2.05, 4.69) is 41.5 Å². The second-order valence-corrected chi connectivity index (χ2v) is 8.74. The maximum atomic E-state index is 12.3. The first kappa shape index (κ1) is 19.5. The van der Waals surface area contributed by atoms with E-state index in [4.69, 9.17) is 4.74 Å². The van der Waals surface area contributed by atoms with Gasteiger partial charge in [-0.3, -0.25) is 4.79 Å². The fraction of sp³-hybridized carbons (Fsp3) is 0.571. The minimum atomic E-state index is -0.178. The number of morpholine rings is 1. The summed E-state index contributed by atoms with van der Waals surface area (Å²) in [5, 5.41) is 10.8. The zero-order valence-corrected chi connectivity index (χ0v) is 16.3. The number of rotatable bonds is 2. The van der Waals surface area contributed by atoms with Crippen LogP contribution in [-0.2, 0) is 20.4 Å². The molecule has 1 aliphatic rings. The summed E-state index contributed by atoms with van der Waals surface area (Å²) in [5.74, 6) is 0.364. The number of benzene rings is 1. The van der Waals surface area contributed by atoms with Crippen LogP contribution in [0.4, 0.5) is 0 Å². The van der Waals surface area contributed by atoms with Crippen LogP contribution in [0.1, 0.15) is 58.2 Å². The molecule has 1 heterocycles. The Balaban J connectivity index is 2.37. The maximum absolute atomic E-state index is 12.3. The van der Waals surface area contributed by atoms with E-state index in [0.29, 0.717) is 32.1 Å². The average Bonchev–Trinajstić information content (AvgIpc) is 2.52. The van der Waals surface area contributed by atoms with E-state index >= 15 is 0 Å². The van der Waals surface area contributed by atoms with Crippen LogP contribution >= 0.6 is 0 Å². The lowest BCUT2D eigenvalue weighted by molar-refractivity contribution is -0.129. The highest BCUT2D eigenvalue weighted by atomic mass is 16.5. The van der Waals surface area contributed by atoms with Gasteiger partial charge in [-0.2, -0.15) is 0 Å². The van der Waals surface area contributed by atoms with Crippen molar-refractivity contribution in [1.82, 2.24) is 4.90 Å². The molecule has 0 aliphatic carbocycles. The standard InChI is InChI=1S/C21H31NO3/c1-20(2,3)16-13-15(14-17(19(16)24)21(4,5)6)7-8-18(23)22-9-11-25-12-10-22/h7-8,13-14,24H,9-12H2,1-6H3/b8-7+. The summed E-state index contributed by atoms with van der Waals surface area (Å²) in [6.07, 6.45) is 3.47. The summed E-state index contributed by atoms with van der Waals surface area (Å²) < 4.78 is 5.29. The topological polar surface area (TPSA) is 49.8 Å². The van der Waals surface area contributed by atoms with Gasteiger partial charge < -0.3 is 14.7 Å². The highest BCUT2D eigenvalue weighted by molar-refractivity contribution is 5.92. The average molecular weight is 345 g/mol. The zero-order valence-electron chi connectivity index (χ0n) is 16.3. The Morgan fingerprint density at radius 2 is 1.52 bits per heavy atom. The Kier molecular flexibility index (Phi) is 5.62. The molecule has 0 aromatic heterocycles. The van der Waals surface area contributed by atoms with Gasteiger partial charge in [-0.25, -0.2) is 0 Å². The molecule has 1 saturated heterocycles. The molecule has 0 spiro atoms. The van der Waals surface area contributed by atoms with Crippen LogP contribution in [0.3, 0.4) is 0 Å². The van der Waals surface area contributed by atoms with Crippen molar-refractivity contribution in [2.24, 2.45) is 0 Å². The van der Waals surface area contributed by atoms with Gasteiger partial charge in [0, 0.05) is 30.3 Å². The molecule has 4 nitrogen and oxygen atoms in total. The molecule has 0 saturated carbocycles. The molecule has 1 aliphatic heterocycles. The van der Waals surface area contributed by atoms with E-state index in [1.54, 1.807) is 11.0 Å². The van der Waals surface area contributed by atoms with Crippen molar-refractivity contribution >= 4 is 12.0 Å². The molecule has 1 amide bonds. The third kappa shape index (κ3) is 4.85. The lowest BCUT2D eigenvalue weighted by Gasteiger charge is -2.28. The quantitative estimate of drug-likeness (QED) is 0.828. The van der Waals surface area contributed by atoms with Crippen molar-refractivity contribution in [1.29, 1.82) is 0 Å². The molecule has 25 heavy (non-hydrogen) atoms. The minimum absolute atomic E-state index is 0.00555. The van der Waals surface area contributed by atoms with Gasteiger partial charge in [0.2, 0.25) is 5.91 Å². The van der Waals surface area contributed by atoms with Gasteiger partial charge in [-0.05, 0) is 34.6 Å². The number of carbonyl (C=O) groups is 1. The first-order valence-corrected chi connectivity index (χ1v) is 8.93. The molecule has 1 N–H and O–H groups in total. The number of nitrogens with zero attached hydrogens (tertiary/aromatic N) is 1. The Bertz CT molecular complexity index is 622. The third-order valence-electron chi connectivity index (χ3n) is 4.49. The van der Waals surface area contributed by atoms with Crippen molar-refractivity contribution in [2.45, 2.75) is 52.4 Å². The summed E-state index contributed by atoms with van der Waals surface area (Å²) in [4.78, 5) is 14.1. The first-order chi connectivity index (χ1) is 11.5. The van der Waals surface area contributed by atoms with Crippen LogP contribution in [-0.4, -0.2) is 42.2 Å². The monoisotopic (exact) mass is 345 g/mol. The second kappa shape index (κ2) is 7.20. The Hall–Kier alpha value is -1.81. The highest BCUT2D eigenvalue weighted by Gasteiger charge is 2.26. The van der Waals surface area contributed by atoms with Crippen LogP contribution < -0.4 is 0 Å². The smallest absolute Gasteiger partial charge is 0.246 e. The van der Waals surface area contributed by atoms with Crippen LogP contribution in [0.15, 0.2) is 18.2 Å². The molecule has 0 unspecified atom stereocenters. The fourth-order valence-electron chi connectivity index (χ4n) is 2.95.